The lowest BCUT2D eigenvalue weighted by Gasteiger charge is -2.17. The second-order valence-corrected chi connectivity index (χ2v) is 4.31. The SMILES string of the molecule is CCC(C)Cc1ccc2c(c1)CCOO2. The largest absolute Gasteiger partial charge is 0.337 e. The van der Waals surface area contributed by atoms with Crippen LogP contribution in [0.2, 0.25) is 0 Å². The highest BCUT2D eigenvalue weighted by molar-refractivity contribution is 5.38. The van der Waals surface area contributed by atoms with Crippen molar-refractivity contribution in [3.63, 3.8) is 0 Å². The van der Waals surface area contributed by atoms with E-state index in [9.17, 15) is 0 Å². The molecule has 0 bridgehead atoms. The fraction of sp³-hybridized carbons (Fsp3) is 0.538. The Bertz CT molecular complexity index is 333. The molecule has 2 heteroatoms. The summed E-state index contributed by atoms with van der Waals surface area (Å²) in [6.07, 6.45) is 3.35. The van der Waals surface area contributed by atoms with Crippen molar-refractivity contribution in [3.05, 3.63) is 29.3 Å². The Hall–Kier alpha value is -1.02. The molecule has 0 saturated carbocycles. The van der Waals surface area contributed by atoms with Crippen LogP contribution in [0.3, 0.4) is 0 Å². The van der Waals surface area contributed by atoms with E-state index >= 15 is 0 Å². The lowest BCUT2D eigenvalue weighted by molar-refractivity contribution is -0.215. The first-order valence-electron chi connectivity index (χ1n) is 5.71. The Kier molecular flexibility index (Phi) is 3.27. The van der Waals surface area contributed by atoms with E-state index in [1.807, 2.05) is 6.07 Å². The van der Waals surface area contributed by atoms with Crippen molar-refractivity contribution in [2.45, 2.75) is 33.1 Å². The Morgan fingerprint density at radius 3 is 3.07 bits per heavy atom. The van der Waals surface area contributed by atoms with E-state index in [4.69, 9.17) is 9.78 Å². The summed E-state index contributed by atoms with van der Waals surface area (Å²) < 4.78 is 0. The summed E-state index contributed by atoms with van der Waals surface area (Å²) in [7, 11) is 0. The summed E-state index contributed by atoms with van der Waals surface area (Å²) in [6, 6.07) is 6.41. The van der Waals surface area contributed by atoms with Crippen molar-refractivity contribution in [1.82, 2.24) is 0 Å². The molecule has 1 aromatic carbocycles. The van der Waals surface area contributed by atoms with Crippen LogP contribution in [0.25, 0.3) is 0 Å². The van der Waals surface area contributed by atoms with Crippen LogP contribution in [0.15, 0.2) is 18.2 Å². The van der Waals surface area contributed by atoms with Crippen molar-refractivity contribution in [2.24, 2.45) is 5.92 Å². The molecule has 0 N–H and O–H groups in total. The Balaban J connectivity index is 2.13. The Morgan fingerprint density at radius 2 is 2.27 bits per heavy atom. The molecule has 1 aliphatic rings. The summed E-state index contributed by atoms with van der Waals surface area (Å²) in [6.45, 7) is 5.19. The van der Waals surface area contributed by atoms with Gasteiger partial charge in [0.1, 0.15) is 0 Å². The smallest absolute Gasteiger partial charge is 0.168 e. The molecular weight excluding hydrogens is 188 g/mol. The van der Waals surface area contributed by atoms with Crippen LogP contribution in [0.1, 0.15) is 31.4 Å². The minimum absolute atomic E-state index is 0.666. The number of rotatable bonds is 3. The van der Waals surface area contributed by atoms with Gasteiger partial charge in [-0.1, -0.05) is 32.4 Å². The molecule has 0 radical (unpaired) electrons. The molecule has 1 heterocycles. The maximum absolute atomic E-state index is 5.11. The zero-order valence-electron chi connectivity index (χ0n) is 9.45. The van der Waals surface area contributed by atoms with Crippen LogP contribution in [0.5, 0.6) is 5.75 Å². The first-order valence-corrected chi connectivity index (χ1v) is 5.71. The summed E-state index contributed by atoms with van der Waals surface area (Å²) in [4.78, 5) is 10.0. The van der Waals surface area contributed by atoms with Crippen molar-refractivity contribution >= 4 is 0 Å². The molecule has 1 aromatic rings. The van der Waals surface area contributed by atoms with Crippen molar-refractivity contribution < 1.29 is 9.78 Å². The van der Waals surface area contributed by atoms with Crippen molar-refractivity contribution in [2.75, 3.05) is 6.61 Å². The molecule has 82 valence electrons. The fourth-order valence-corrected chi connectivity index (χ4v) is 1.84. The summed E-state index contributed by atoms with van der Waals surface area (Å²) in [5.41, 5.74) is 2.69. The molecule has 2 nitrogen and oxygen atoms in total. The molecule has 0 aromatic heterocycles. The van der Waals surface area contributed by atoms with E-state index < -0.39 is 0 Å². The molecule has 1 unspecified atom stereocenters. The third-order valence-electron chi connectivity index (χ3n) is 3.01. The molecular formula is C13H18O2. The van der Waals surface area contributed by atoms with E-state index in [-0.39, 0.29) is 0 Å². The summed E-state index contributed by atoms with van der Waals surface area (Å²) in [5.74, 6) is 1.64. The highest BCUT2D eigenvalue weighted by atomic mass is 17.2. The van der Waals surface area contributed by atoms with Gasteiger partial charge in [0.25, 0.3) is 0 Å². The van der Waals surface area contributed by atoms with Gasteiger partial charge in [-0.3, -0.25) is 0 Å². The molecule has 0 fully saturated rings. The number of benzene rings is 1. The molecule has 1 aliphatic heterocycles. The lowest BCUT2D eigenvalue weighted by atomic mass is 9.96. The maximum Gasteiger partial charge on any atom is 0.168 e. The van der Waals surface area contributed by atoms with Gasteiger partial charge in [0.15, 0.2) is 5.75 Å². The number of hydrogen-bond donors (Lipinski definition) is 0. The van der Waals surface area contributed by atoms with Gasteiger partial charge < -0.3 is 4.89 Å². The van der Waals surface area contributed by atoms with Gasteiger partial charge in [-0.05, 0) is 24.0 Å². The first kappa shape index (κ1) is 10.5. The zero-order chi connectivity index (χ0) is 10.7. The standard InChI is InChI=1S/C13H18O2/c1-3-10(2)8-11-4-5-13-12(9-11)6-7-14-15-13/h4-5,9-10H,3,6-8H2,1-2H3. The second-order valence-electron chi connectivity index (χ2n) is 4.31. The van der Waals surface area contributed by atoms with Gasteiger partial charge in [0, 0.05) is 12.0 Å². The average Bonchev–Trinajstić information content (AvgIpc) is 2.29. The molecule has 0 aliphatic carbocycles. The molecule has 1 atom stereocenters. The van der Waals surface area contributed by atoms with Gasteiger partial charge in [-0.15, -0.1) is 0 Å². The van der Waals surface area contributed by atoms with Crippen LogP contribution >= 0.6 is 0 Å². The average molecular weight is 206 g/mol. The highest BCUT2D eigenvalue weighted by Gasteiger charge is 2.12. The molecule has 0 spiro atoms. The highest BCUT2D eigenvalue weighted by Crippen LogP contribution is 2.25. The van der Waals surface area contributed by atoms with Crippen molar-refractivity contribution in [3.8, 4) is 5.75 Å². The van der Waals surface area contributed by atoms with E-state index in [1.54, 1.807) is 0 Å². The zero-order valence-corrected chi connectivity index (χ0v) is 9.45. The van der Waals surface area contributed by atoms with Gasteiger partial charge in [-0.25, -0.2) is 0 Å². The first-order chi connectivity index (χ1) is 7.29. The van der Waals surface area contributed by atoms with Crippen molar-refractivity contribution in [1.29, 1.82) is 0 Å². The van der Waals surface area contributed by atoms with Crippen LogP contribution < -0.4 is 4.89 Å². The molecule has 15 heavy (non-hydrogen) atoms. The van der Waals surface area contributed by atoms with Crippen LogP contribution in [0.4, 0.5) is 0 Å². The van der Waals surface area contributed by atoms with E-state index in [0.29, 0.717) is 6.61 Å². The van der Waals surface area contributed by atoms with Gasteiger partial charge >= 0.3 is 0 Å². The quantitative estimate of drug-likeness (QED) is 0.707. The number of fused-ring (bicyclic) bond motifs is 1. The van der Waals surface area contributed by atoms with Gasteiger partial charge in [0.05, 0.1) is 6.61 Å². The van der Waals surface area contributed by atoms with Crippen LogP contribution in [0, 0.1) is 5.92 Å². The summed E-state index contributed by atoms with van der Waals surface area (Å²) >= 11 is 0. The second kappa shape index (κ2) is 4.67. The normalized spacial score (nSPS) is 16.7. The third-order valence-corrected chi connectivity index (χ3v) is 3.01. The topological polar surface area (TPSA) is 18.5 Å². The summed E-state index contributed by atoms with van der Waals surface area (Å²) in [5, 5.41) is 0. The number of hydrogen-bond acceptors (Lipinski definition) is 2. The fourth-order valence-electron chi connectivity index (χ4n) is 1.84. The van der Waals surface area contributed by atoms with Crippen LogP contribution in [-0.4, -0.2) is 6.61 Å². The van der Waals surface area contributed by atoms with E-state index in [1.165, 1.54) is 17.5 Å². The molecule has 0 saturated heterocycles. The monoisotopic (exact) mass is 206 g/mol. The van der Waals surface area contributed by atoms with Gasteiger partial charge in [0.2, 0.25) is 0 Å². The molecule has 0 amide bonds. The Labute approximate surface area is 91.1 Å². The lowest BCUT2D eigenvalue weighted by Crippen LogP contribution is -2.11. The van der Waals surface area contributed by atoms with E-state index in [2.05, 4.69) is 26.0 Å². The molecule has 2 rings (SSSR count). The minimum Gasteiger partial charge on any atom is -0.337 e. The van der Waals surface area contributed by atoms with E-state index in [0.717, 1.165) is 24.5 Å². The maximum atomic E-state index is 5.11. The van der Waals surface area contributed by atoms with Gasteiger partial charge in [-0.2, -0.15) is 4.89 Å². The predicted molar refractivity (Wildman–Crippen MR) is 59.9 cm³/mol. The van der Waals surface area contributed by atoms with Crippen LogP contribution in [-0.2, 0) is 17.7 Å². The predicted octanol–water partition coefficient (Wildman–Crippen LogP) is 3.14. The Morgan fingerprint density at radius 1 is 1.40 bits per heavy atom. The third kappa shape index (κ3) is 2.51. The minimum atomic E-state index is 0.666.